The number of halogens is 4. The zero-order valence-corrected chi connectivity index (χ0v) is 19.7. The summed E-state index contributed by atoms with van der Waals surface area (Å²) in [4.78, 5) is 26.1. The average Bonchev–Trinajstić information content (AvgIpc) is 3.32. The Labute approximate surface area is 212 Å². The van der Waals surface area contributed by atoms with E-state index in [4.69, 9.17) is 9.84 Å². The number of aliphatic hydroxyl groups is 1. The van der Waals surface area contributed by atoms with Crippen molar-refractivity contribution in [2.45, 2.75) is 25.4 Å². The number of amides is 1. The van der Waals surface area contributed by atoms with Crippen LogP contribution in [0.2, 0.25) is 0 Å². The number of para-hydroxylation sites is 1. The molecule has 1 unspecified atom stereocenters. The third kappa shape index (κ3) is 6.06. The van der Waals surface area contributed by atoms with Gasteiger partial charge in [0.05, 0.1) is 6.20 Å². The van der Waals surface area contributed by atoms with Crippen molar-refractivity contribution >= 4 is 11.7 Å². The fourth-order valence-electron chi connectivity index (χ4n) is 3.59. The van der Waals surface area contributed by atoms with E-state index in [1.165, 1.54) is 10.7 Å². The number of aliphatic hydroxyl groups excluding tert-OH is 1. The molecule has 0 radical (unpaired) electrons. The number of rotatable bonds is 10. The van der Waals surface area contributed by atoms with Crippen molar-refractivity contribution in [2.24, 2.45) is 0 Å². The number of ether oxygens (including phenoxy) is 1. The third-order valence-electron chi connectivity index (χ3n) is 5.43. The minimum Gasteiger partial charge on any atom is -0.449 e. The lowest BCUT2D eigenvalue weighted by Crippen LogP contribution is -2.36. The van der Waals surface area contributed by atoms with Crippen molar-refractivity contribution in [2.75, 3.05) is 11.9 Å². The number of hydrogen-bond acceptors (Lipinski definition) is 6. The predicted molar refractivity (Wildman–Crippen MR) is 127 cm³/mol. The highest BCUT2D eigenvalue weighted by molar-refractivity contribution is 5.93. The van der Waals surface area contributed by atoms with Crippen molar-refractivity contribution in [3.8, 4) is 11.5 Å². The van der Waals surface area contributed by atoms with E-state index in [0.717, 1.165) is 48.7 Å². The molecule has 13 heteroatoms. The minimum absolute atomic E-state index is 0.0598. The SMILES string of the molecule is O=C(Nc1ccn(CCCO)n1)C(Cc1c(F)cccc1F)n1ncc(Oc2c(F)cccc2F)cc1=O. The maximum atomic E-state index is 14.4. The van der Waals surface area contributed by atoms with Crippen LogP contribution in [0, 0.1) is 23.3 Å². The second-order valence-corrected chi connectivity index (χ2v) is 8.08. The number of hydrogen-bond donors (Lipinski definition) is 2. The fourth-order valence-corrected chi connectivity index (χ4v) is 3.59. The van der Waals surface area contributed by atoms with E-state index in [1.54, 1.807) is 6.20 Å². The molecule has 0 spiro atoms. The lowest BCUT2D eigenvalue weighted by Gasteiger charge is -2.19. The van der Waals surface area contributed by atoms with E-state index in [1.807, 2.05) is 0 Å². The molecule has 0 fully saturated rings. The maximum absolute atomic E-state index is 14.4. The van der Waals surface area contributed by atoms with Gasteiger partial charge < -0.3 is 15.2 Å². The number of aryl methyl sites for hydroxylation is 1. The molecule has 4 rings (SSSR count). The van der Waals surface area contributed by atoms with Crippen molar-refractivity contribution in [3.05, 3.63) is 100 Å². The largest absolute Gasteiger partial charge is 0.449 e. The minimum atomic E-state index is -1.55. The molecule has 4 aromatic rings. The van der Waals surface area contributed by atoms with Gasteiger partial charge >= 0.3 is 0 Å². The van der Waals surface area contributed by atoms with Gasteiger partial charge in [0.15, 0.2) is 29.0 Å². The average molecular weight is 531 g/mol. The van der Waals surface area contributed by atoms with Crippen LogP contribution in [-0.2, 0) is 17.8 Å². The summed E-state index contributed by atoms with van der Waals surface area (Å²) in [5, 5.41) is 19.5. The van der Waals surface area contributed by atoms with Crippen LogP contribution in [-0.4, -0.2) is 37.2 Å². The molecule has 198 valence electrons. The number of carbonyl (C=O) groups excluding carboxylic acids is 1. The van der Waals surface area contributed by atoms with E-state index in [-0.39, 0.29) is 18.2 Å². The number of carbonyl (C=O) groups is 1. The molecule has 0 saturated heterocycles. The smallest absolute Gasteiger partial charge is 0.271 e. The standard InChI is InChI=1S/C25H21F4N5O4/c26-17-4-1-5-18(27)16(17)13-21(25(37)31-22-8-10-33(32-22)9-3-11-35)34-23(36)12-15(14-30-34)38-24-19(28)6-2-7-20(24)29/h1-2,4-8,10,12,14,21,35H,3,9,11,13H2,(H,31,32,37). The predicted octanol–water partition coefficient (Wildman–Crippen LogP) is 3.59. The summed E-state index contributed by atoms with van der Waals surface area (Å²) in [6.45, 7) is 0.316. The lowest BCUT2D eigenvalue weighted by atomic mass is 10.0. The highest BCUT2D eigenvalue weighted by atomic mass is 19.1. The van der Waals surface area contributed by atoms with Gasteiger partial charge in [-0.2, -0.15) is 10.2 Å². The van der Waals surface area contributed by atoms with E-state index in [9.17, 15) is 27.2 Å². The summed E-state index contributed by atoms with van der Waals surface area (Å²) in [5.41, 5.74) is -1.40. The molecule has 0 saturated carbocycles. The molecule has 0 aliphatic heterocycles. The van der Waals surface area contributed by atoms with Crippen LogP contribution in [0.4, 0.5) is 23.4 Å². The lowest BCUT2D eigenvalue weighted by molar-refractivity contribution is -0.119. The van der Waals surface area contributed by atoms with Gasteiger partial charge in [0, 0.05) is 43.5 Å². The Hall–Kier alpha value is -4.52. The monoisotopic (exact) mass is 531 g/mol. The van der Waals surface area contributed by atoms with Gasteiger partial charge in [-0.1, -0.05) is 12.1 Å². The summed E-state index contributed by atoms with van der Waals surface area (Å²) in [6, 6.07) is 6.97. The summed E-state index contributed by atoms with van der Waals surface area (Å²) in [7, 11) is 0. The van der Waals surface area contributed by atoms with Crippen molar-refractivity contribution in [1.82, 2.24) is 19.6 Å². The molecule has 2 aromatic heterocycles. The second kappa shape index (κ2) is 11.7. The zero-order chi connectivity index (χ0) is 27.2. The highest BCUT2D eigenvalue weighted by Crippen LogP contribution is 2.27. The molecule has 2 heterocycles. The van der Waals surface area contributed by atoms with Crippen molar-refractivity contribution in [1.29, 1.82) is 0 Å². The first-order valence-electron chi connectivity index (χ1n) is 11.4. The van der Waals surface area contributed by atoms with Crippen molar-refractivity contribution < 1.29 is 32.2 Å². The Kier molecular flexibility index (Phi) is 8.16. The summed E-state index contributed by atoms with van der Waals surface area (Å²) in [6.07, 6.45) is 2.32. The van der Waals surface area contributed by atoms with Crippen LogP contribution in [0.15, 0.2) is 65.7 Å². The number of nitrogens with zero attached hydrogens (tertiary/aromatic N) is 4. The summed E-state index contributed by atoms with van der Waals surface area (Å²) < 4.78 is 64.0. The van der Waals surface area contributed by atoms with E-state index in [2.05, 4.69) is 15.5 Å². The van der Waals surface area contributed by atoms with Gasteiger partial charge in [-0.05, 0) is 30.7 Å². The molecule has 1 atom stereocenters. The van der Waals surface area contributed by atoms with Crippen LogP contribution in [0.5, 0.6) is 11.5 Å². The molecule has 0 aliphatic rings. The van der Waals surface area contributed by atoms with Gasteiger partial charge in [0.2, 0.25) is 0 Å². The Morgan fingerprint density at radius 2 is 1.68 bits per heavy atom. The highest BCUT2D eigenvalue weighted by Gasteiger charge is 2.27. The van der Waals surface area contributed by atoms with Gasteiger partial charge in [0.25, 0.3) is 11.5 Å². The first-order valence-corrected chi connectivity index (χ1v) is 11.4. The Bertz CT molecular complexity index is 1470. The molecule has 2 N–H and O–H groups in total. The molecular weight excluding hydrogens is 510 g/mol. The van der Waals surface area contributed by atoms with Gasteiger partial charge in [-0.15, -0.1) is 0 Å². The number of aromatic nitrogens is 4. The second-order valence-electron chi connectivity index (χ2n) is 8.08. The molecule has 9 nitrogen and oxygen atoms in total. The quantitative estimate of drug-likeness (QED) is 0.303. The van der Waals surface area contributed by atoms with E-state index in [0.29, 0.717) is 17.6 Å². The Balaban J connectivity index is 1.65. The van der Waals surface area contributed by atoms with Crippen LogP contribution in [0.1, 0.15) is 18.0 Å². The van der Waals surface area contributed by atoms with Crippen molar-refractivity contribution in [3.63, 3.8) is 0 Å². The van der Waals surface area contributed by atoms with Crippen LogP contribution >= 0.6 is 0 Å². The van der Waals surface area contributed by atoms with Crippen LogP contribution in [0.25, 0.3) is 0 Å². The van der Waals surface area contributed by atoms with Crippen LogP contribution in [0.3, 0.4) is 0 Å². The molecule has 0 aliphatic carbocycles. The topological polar surface area (TPSA) is 111 Å². The maximum Gasteiger partial charge on any atom is 0.271 e. The summed E-state index contributed by atoms with van der Waals surface area (Å²) in [5.74, 6) is -5.74. The molecule has 1 amide bonds. The molecule has 2 aromatic carbocycles. The zero-order valence-electron chi connectivity index (χ0n) is 19.7. The van der Waals surface area contributed by atoms with E-state index < -0.39 is 58.5 Å². The van der Waals surface area contributed by atoms with Gasteiger partial charge in [0.1, 0.15) is 17.7 Å². The molecular formula is C25H21F4N5O4. The fraction of sp³-hybridized carbons (Fsp3) is 0.200. The molecule has 0 bridgehead atoms. The normalized spacial score (nSPS) is 11.8. The Morgan fingerprint density at radius 1 is 1.03 bits per heavy atom. The third-order valence-corrected chi connectivity index (χ3v) is 5.43. The Morgan fingerprint density at radius 3 is 2.32 bits per heavy atom. The number of benzene rings is 2. The number of anilines is 1. The van der Waals surface area contributed by atoms with Crippen LogP contribution < -0.4 is 15.6 Å². The summed E-state index contributed by atoms with van der Waals surface area (Å²) >= 11 is 0. The first kappa shape index (κ1) is 26.5. The van der Waals surface area contributed by atoms with E-state index >= 15 is 0 Å². The number of nitrogens with one attached hydrogen (secondary N) is 1. The van der Waals surface area contributed by atoms with Gasteiger partial charge in [-0.25, -0.2) is 22.2 Å². The first-order chi connectivity index (χ1) is 18.3. The van der Waals surface area contributed by atoms with Gasteiger partial charge in [-0.3, -0.25) is 14.3 Å². The molecule has 38 heavy (non-hydrogen) atoms.